The lowest BCUT2D eigenvalue weighted by molar-refractivity contribution is -0.144. The molecule has 0 saturated heterocycles. The maximum absolute atomic E-state index is 14.9. The van der Waals surface area contributed by atoms with Crippen LogP contribution in [0.15, 0.2) is 42.3 Å². The second kappa shape index (κ2) is 10.9. The number of esters is 1. The summed E-state index contributed by atoms with van der Waals surface area (Å²) in [6.45, 7) is 5.87. The highest BCUT2D eigenvalue weighted by Gasteiger charge is 2.35. The van der Waals surface area contributed by atoms with Crippen LogP contribution in [0.3, 0.4) is 0 Å². The first kappa shape index (κ1) is 25.4. The molecule has 1 atom stereocenters. The van der Waals surface area contributed by atoms with E-state index in [0.717, 1.165) is 12.8 Å². The molecular formula is C26H31FN4O5. The van der Waals surface area contributed by atoms with Crippen LogP contribution in [0.25, 0.3) is 0 Å². The van der Waals surface area contributed by atoms with Crippen molar-refractivity contribution in [2.45, 2.75) is 58.5 Å². The number of carbonyl (C=O) groups is 3. The summed E-state index contributed by atoms with van der Waals surface area (Å²) in [7, 11) is 0. The minimum Gasteiger partial charge on any atom is -0.465 e. The van der Waals surface area contributed by atoms with Gasteiger partial charge in [0.2, 0.25) is 5.91 Å². The van der Waals surface area contributed by atoms with E-state index in [1.807, 2.05) is 13.8 Å². The second-order valence-electron chi connectivity index (χ2n) is 9.45. The number of amides is 2. The Balaban J connectivity index is 1.42. The molecule has 1 aromatic carbocycles. The van der Waals surface area contributed by atoms with Crippen LogP contribution in [0.2, 0.25) is 0 Å². The van der Waals surface area contributed by atoms with E-state index >= 15 is 0 Å². The fraction of sp³-hybridized carbons (Fsp3) is 0.462. The Labute approximate surface area is 209 Å². The number of benzene rings is 1. The lowest BCUT2D eigenvalue weighted by atomic mass is 10.0. The molecule has 0 bridgehead atoms. The molecule has 1 fully saturated rings. The van der Waals surface area contributed by atoms with E-state index < -0.39 is 23.7 Å². The van der Waals surface area contributed by atoms with Crippen molar-refractivity contribution in [3.8, 4) is 5.75 Å². The zero-order valence-corrected chi connectivity index (χ0v) is 20.7. The fourth-order valence-electron chi connectivity index (χ4n) is 4.18. The highest BCUT2D eigenvalue weighted by Crippen LogP contribution is 2.43. The van der Waals surface area contributed by atoms with Crippen molar-refractivity contribution in [1.29, 1.82) is 0 Å². The molecule has 2 aromatic rings. The van der Waals surface area contributed by atoms with Gasteiger partial charge in [-0.1, -0.05) is 26.0 Å². The van der Waals surface area contributed by atoms with Crippen LogP contribution in [0.4, 0.5) is 10.2 Å². The van der Waals surface area contributed by atoms with E-state index in [0.29, 0.717) is 12.0 Å². The first-order valence-electron chi connectivity index (χ1n) is 12.2. The number of ether oxygens (including phenoxy) is 2. The van der Waals surface area contributed by atoms with Crippen molar-refractivity contribution in [2.24, 2.45) is 5.92 Å². The zero-order chi connectivity index (χ0) is 25.8. The van der Waals surface area contributed by atoms with E-state index in [-0.39, 0.29) is 54.8 Å². The number of rotatable bonds is 11. The number of carbonyl (C=O) groups excluding carboxylic acids is 3. The molecule has 2 heterocycles. The van der Waals surface area contributed by atoms with E-state index in [1.165, 1.54) is 15.7 Å². The molecule has 36 heavy (non-hydrogen) atoms. The predicted octanol–water partition coefficient (Wildman–Crippen LogP) is 3.62. The van der Waals surface area contributed by atoms with Crippen molar-refractivity contribution in [2.75, 3.05) is 18.5 Å². The molecule has 1 aliphatic carbocycles. The van der Waals surface area contributed by atoms with Crippen molar-refractivity contribution in [1.82, 2.24) is 14.7 Å². The van der Waals surface area contributed by atoms with Gasteiger partial charge in [0.15, 0.2) is 17.4 Å². The van der Waals surface area contributed by atoms with Crippen LogP contribution >= 0.6 is 0 Å². The van der Waals surface area contributed by atoms with Gasteiger partial charge in [0.1, 0.15) is 18.3 Å². The number of halogens is 1. The third-order valence-electron chi connectivity index (χ3n) is 6.01. The molecule has 0 unspecified atom stereocenters. The van der Waals surface area contributed by atoms with Gasteiger partial charge in [-0.2, -0.15) is 5.10 Å². The van der Waals surface area contributed by atoms with Crippen LogP contribution < -0.4 is 10.1 Å². The molecule has 0 spiro atoms. The lowest BCUT2D eigenvalue weighted by Crippen LogP contribution is -2.46. The Morgan fingerprint density at radius 3 is 2.72 bits per heavy atom. The highest BCUT2D eigenvalue weighted by molar-refractivity contribution is 5.99. The van der Waals surface area contributed by atoms with Crippen LogP contribution in [-0.2, 0) is 25.7 Å². The molecular weight excluding hydrogens is 467 g/mol. The Morgan fingerprint density at radius 2 is 2.03 bits per heavy atom. The summed E-state index contributed by atoms with van der Waals surface area (Å²) in [5.74, 6) is -0.653. The maximum atomic E-state index is 14.9. The van der Waals surface area contributed by atoms with E-state index in [4.69, 9.17) is 9.47 Å². The number of hydrogen-bond donors (Lipinski definition) is 1. The Hall–Kier alpha value is -3.69. The molecule has 1 N–H and O–H groups in total. The van der Waals surface area contributed by atoms with Crippen LogP contribution in [0.5, 0.6) is 5.75 Å². The monoisotopic (exact) mass is 498 g/mol. The van der Waals surface area contributed by atoms with Gasteiger partial charge in [0, 0.05) is 18.3 Å². The number of aromatic nitrogens is 2. The first-order chi connectivity index (χ1) is 17.2. The molecule has 2 aliphatic rings. The zero-order valence-electron chi connectivity index (χ0n) is 20.7. The summed E-state index contributed by atoms with van der Waals surface area (Å²) >= 11 is 0. The normalized spacial score (nSPS) is 16.2. The average molecular weight is 499 g/mol. The first-order valence-corrected chi connectivity index (χ1v) is 12.2. The topological polar surface area (TPSA) is 103 Å². The van der Waals surface area contributed by atoms with Crippen molar-refractivity contribution < 1.29 is 28.2 Å². The van der Waals surface area contributed by atoms with E-state index in [1.54, 1.807) is 37.4 Å². The minimum atomic E-state index is -0.785. The molecule has 9 nitrogen and oxygen atoms in total. The molecule has 1 saturated carbocycles. The second-order valence-corrected chi connectivity index (χ2v) is 9.45. The van der Waals surface area contributed by atoms with Gasteiger partial charge >= 0.3 is 5.97 Å². The standard InChI is InChI=1S/C26H31FN4O5/c1-4-35-24(33)15-30-11-10-22(29-30)28-26(34)20(12-16(2)3)31-14-18(13-23(31)32)36-21-7-5-6-19(25(21)27)17-8-9-17/h5-7,10-11,13,16-17,20H,4,8-9,12,14-15H2,1-3H3,(H,28,29,34)/t20-/m0/s1. The van der Waals surface area contributed by atoms with Crippen LogP contribution in [0, 0.1) is 11.7 Å². The van der Waals surface area contributed by atoms with Gasteiger partial charge in [-0.15, -0.1) is 0 Å². The van der Waals surface area contributed by atoms with Crippen molar-refractivity contribution in [3.63, 3.8) is 0 Å². The highest BCUT2D eigenvalue weighted by atomic mass is 19.1. The molecule has 4 rings (SSSR count). The van der Waals surface area contributed by atoms with Gasteiger partial charge in [0.05, 0.1) is 13.2 Å². The summed E-state index contributed by atoms with van der Waals surface area (Å²) in [5, 5.41) is 6.92. The molecule has 10 heteroatoms. The number of nitrogens with zero attached hydrogens (tertiary/aromatic N) is 3. The predicted molar refractivity (Wildman–Crippen MR) is 130 cm³/mol. The third kappa shape index (κ3) is 6.10. The Bertz CT molecular complexity index is 1170. The summed E-state index contributed by atoms with van der Waals surface area (Å²) in [6.07, 6.45) is 5.19. The van der Waals surface area contributed by atoms with Crippen LogP contribution in [0.1, 0.15) is 51.5 Å². The van der Waals surface area contributed by atoms with Gasteiger partial charge in [-0.25, -0.2) is 4.39 Å². The van der Waals surface area contributed by atoms with Gasteiger partial charge in [0.25, 0.3) is 5.91 Å². The van der Waals surface area contributed by atoms with Crippen molar-refractivity contribution in [3.05, 3.63) is 53.7 Å². The SMILES string of the molecule is CCOC(=O)Cn1ccc(NC(=O)[C@H](CC(C)C)N2CC(Oc3cccc(C4CC4)c3F)=CC2=O)n1. The largest absolute Gasteiger partial charge is 0.465 e. The smallest absolute Gasteiger partial charge is 0.327 e. The summed E-state index contributed by atoms with van der Waals surface area (Å²) < 4.78 is 26.9. The van der Waals surface area contributed by atoms with Gasteiger partial charge < -0.3 is 19.7 Å². The van der Waals surface area contributed by atoms with Crippen molar-refractivity contribution >= 4 is 23.6 Å². The number of anilines is 1. The summed E-state index contributed by atoms with van der Waals surface area (Å²) in [5.41, 5.74) is 0.633. The van der Waals surface area contributed by atoms with E-state index in [2.05, 4.69) is 10.4 Å². The maximum Gasteiger partial charge on any atom is 0.327 e. The fourth-order valence-corrected chi connectivity index (χ4v) is 4.18. The number of hydrogen-bond acceptors (Lipinski definition) is 6. The van der Waals surface area contributed by atoms with Crippen LogP contribution in [-0.4, -0.2) is 51.7 Å². The Morgan fingerprint density at radius 1 is 1.25 bits per heavy atom. The Kier molecular flexibility index (Phi) is 7.71. The lowest BCUT2D eigenvalue weighted by Gasteiger charge is -2.28. The third-order valence-corrected chi connectivity index (χ3v) is 6.01. The number of nitrogens with one attached hydrogen (secondary N) is 1. The minimum absolute atomic E-state index is 0.0496. The molecule has 1 aliphatic heterocycles. The molecule has 1 aromatic heterocycles. The van der Waals surface area contributed by atoms with E-state index in [9.17, 15) is 18.8 Å². The van der Waals surface area contributed by atoms with Gasteiger partial charge in [-0.3, -0.25) is 19.1 Å². The summed E-state index contributed by atoms with van der Waals surface area (Å²) in [4.78, 5) is 39.1. The summed E-state index contributed by atoms with van der Waals surface area (Å²) in [6, 6.07) is 5.83. The van der Waals surface area contributed by atoms with Gasteiger partial charge in [-0.05, 0) is 49.7 Å². The molecule has 0 radical (unpaired) electrons. The molecule has 192 valence electrons. The molecule has 2 amide bonds. The quantitative estimate of drug-likeness (QED) is 0.475. The average Bonchev–Trinajstić information content (AvgIpc) is 3.47.